The molecule has 0 aliphatic heterocycles. The van der Waals surface area contributed by atoms with Gasteiger partial charge in [-0.25, -0.2) is 17.8 Å². The van der Waals surface area contributed by atoms with Gasteiger partial charge in [-0.05, 0) is 65.2 Å². The zero-order valence-corrected chi connectivity index (χ0v) is 16.4. The number of rotatable bonds is 4. The molecule has 0 saturated carbocycles. The lowest BCUT2D eigenvalue weighted by atomic mass is 10.0. The molecule has 146 valence electrons. The van der Waals surface area contributed by atoms with Crippen molar-refractivity contribution in [3.8, 4) is 11.1 Å². The van der Waals surface area contributed by atoms with Crippen LogP contribution in [0.15, 0.2) is 88.9 Å². The van der Waals surface area contributed by atoms with Gasteiger partial charge in [0, 0.05) is 11.8 Å². The van der Waals surface area contributed by atoms with E-state index in [4.69, 9.17) is 0 Å². The van der Waals surface area contributed by atoms with Gasteiger partial charge in [-0.2, -0.15) is 0 Å². The minimum Gasteiger partial charge on any atom is -0.389 e. The number of pyridine rings is 1. The van der Waals surface area contributed by atoms with Crippen molar-refractivity contribution in [2.75, 3.05) is 0 Å². The fraction of sp³-hybridized carbons (Fsp3) is 0.0870. The van der Waals surface area contributed by atoms with Gasteiger partial charge in [0.05, 0.1) is 11.0 Å². The summed E-state index contributed by atoms with van der Waals surface area (Å²) in [5.41, 5.74) is 2.05. The molecule has 0 aliphatic rings. The highest BCUT2D eigenvalue weighted by Gasteiger charge is 2.24. The number of halogens is 1. The molecule has 0 saturated heterocycles. The maximum absolute atomic E-state index is 13.2. The van der Waals surface area contributed by atoms with Crippen LogP contribution in [0.25, 0.3) is 21.9 Å². The van der Waals surface area contributed by atoms with Crippen molar-refractivity contribution >= 4 is 20.6 Å². The van der Waals surface area contributed by atoms with Gasteiger partial charge in [-0.15, -0.1) is 0 Å². The Labute approximate surface area is 168 Å². The molecule has 1 aromatic heterocycles. The summed E-state index contributed by atoms with van der Waals surface area (Å²) in [6.45, 7) is 1.51. The summed E-state index contributed by atoms with van der Waals surface area (Å²) >= 11 is 0. The Morgan fingerprint density at radius 1 is 0.897 bits per heavy atom. The number of nitrogens with zero attached hydrogens (tertiary/aromatic N) is 1. The summed E-state index contributed by atoms with van der Waals surface area (Å²) < 4.78 is 39.4. The molecule has 1 heterocycles. The van der Waals surface area contributed by atoms with Crippen LogP contribution in [0.3, 0.4) is 0 Å². The fourth-order valence-corrected chi connectivity index (χ4v) is 4.77. The van der Waals surface area contributed by atoms with Crippen LogP contribution in [0.5, 0.6) is 0 Å². The van der Waals surface area contributed by atoms with E-state index in [-0.39, 0.29) is 21.3 Å². The van der Waals surface area contributed by atoms with E-state index in [1.807, 2.05) is 18.2 Å². The number of aliphatic hydroxyl groups is 1. The third-order valence-corrected chi connectivity index (χ3v) is 6.53. The number of sulfone groups is 1. The predicted molar refractivity (Wildman–Crippen MR) is 110 cm³/mol. The molecule has 4 nitrogen and oxygen atoms in total. The van der Waals surface area contributed by atoms with Gasteiger partial charge in [0.25, 0.3) is 0 Å². The Morgan fingerprint density at radius 2 is 1.55 bits per heavy atom. The van der Waals surface area contributed by atoms with Crippen LogP contribution in [0.4, 0.5) is 4.39 Å². The highest BCUT2D eigenvalue weighted by molar-refractivity contribution is 7.91. The molecule has 0 aliphatic carbocycles. The average molecular weight is 407 g/mol. The van der Waals surface area contributed by atoms with Crippen molar-refractivity contribution in [2.24, 2.45) is 0 Å². The molecule has 3 aromatic carbocycles. The van der Waals surface area contributed by atoms with Gasteiger partial charge in [-0.1, -0.05) is 36.4 Å². The first-order valence-electron chi connectivity index (χ1n) is 9.04. The van der Waals surface area contributed by atoms with Crippen LogP contribution >= 0.6 is 0 Å². The minimum absolute atomic E-state index is 0.111. The first-order chi connectivity index (χ1) is 13.9. The normalized spacial score (nSPS) is 12.8. The summed E-state index contributed by atoms with van der Waals surface area (Å²) in [5.74, 6) is -0.296. The third kappa shape index (κ3) is 3.64. The molecule has 0 bridgehead atoms. The van der Waals surface area contributed by atoms with Crippen molar-refractivity contribution in [2.45, 2.75) is 22.9 Å². The Kier molecular flexibility index (Phi) is 4.90. The molecule has 0 fully saturated rings. The maximum Gasteiger partial charge on any atom is 0.224 e. The summed E-state index contributed by atoms with van der Waals surface area (Å²) in [4.78, 5) is 4.12. The van der Waals surface area contributed by atoms with E-state index in [0.717, 1.165) is 21.9 Å². The lowest BCUT2D eigenvalue weighted by Gasteiger charge is -2.12. The van der Waals surface area contributed by atoms with Crippen molar-refractivity contribution in [1.29, 1.82) is 0 Å². The van der Waals surface area contributed by atoms with Crippen molar-refractivity contribution in [3.63, 3.8) is 0 Å². The lowest BCUT2D eigenvalue weighted by Crippen LogP contribution is -2.09. The van der Waals surface area contributed by atoms with Crippen LogP contribution < -0.4 is 0 Å². The second kappa shape index (κ2) is 7.39. The molecule has 4 rings (SSSR count). The molecule has 0 spiro atoms. The second-order valence-electron chi connectivity index (χ2n) is 6.81. The number of fused-ring (bicyclic) bond motifs is 1. The van der Waals surface area contributed by atoms with E-state index >= 15 is 0 Å². The highest BCUT2D eigenvalue weighted by Crippen LogP contribution is 2.30. The minimum atomic E-state index is -3.89. The van der Waals surface area contributed by atoms with E-state index in [9.17, 15) is 17.9 Å². The molecular formula is C23H18FNO3S. The number of hydrogen-bond donors (Lipinski definition) is 1. The molecule has 6 heteroatoms. The van der Waals surface area contributed by atoms with Crippen LogP contribution in [-0.2, 0) is 9.84 Å². The molecular weight excluding hydrogens is 389 g/mol. The molecule has 29 heavy (non-hydrogen) atoms. The molecule has 1 unspecified atom stereocenters. The van der Waals surface area contributed by atoms with Gasteiger partial charge in [0.2, 0.25) is 9.84 Å². The van der Waals surface area contributed by atoms with Crippen LogP contribution in [0.1, 0.15) is 18.6 Å². The second-order valence-corrected chi connectivity index (χ2v) is 8.67. The number of aromatic nitrogens is 1. The van der Waals surface area contributed by atoms with Crippen molar-refractivity contribution in [3.05, 3.63) is 90.4 Å². The quantitative estimate of drug-likeness (QED) is 0.521. The highest BCUT2D eigenvalue weighted by atomic mass is 32.2. The fourth-order valence-electron chi connectivity index (χ4n) is 3.27. The van der Waals surface area contributed by atoms with E-state index < -0.39 is 15.9 Å². The largest absolute Gasteiger partial charge is 0.389 e. The van der Waals surface area contributed by atoms with Gasteiger partial charge in [0.1, 0.15) is 5.82 Å². The molecule has 1 N–H and O–H groups in total. The molecule has 1 atom stereocenters. The van der Waals surface area contributed by atoms with Gasteiger partial charge < -0.3 is 5.11 Å². The first-order valence-corrected chi connectivity index (χ1v) is 10.5. The predicted octanol–water partition coefficient (Wildman–Crippen LogP) is 4.93. The van der Waals surface area contributed by atoms with E-state index in [1.54, 1.807) is 36.4 Å². The SMILES string of the molecule is CC(O)c1cccnc1S(=O)(=O)c1ccc2cc(-c3ccc(F)cc3)ccc2c1. The number of hydrogen-bond acceptors (Lipinski definition) is 4. The topological polar surface area (TPSA) is 67.3 Å². The molecule has 4 aromatic rings. The smallest absolute Gasteiger partial charge is 0.224 e. The molecule has 0 radical (unpaired) electrons. The first kappa shape index (κ1) is 19.2. The zero-order valence-electron chi connectivity index (χ0n) is 15.6. The molecule has 0 amide bonds. The Hall–Kier alpha value is -3.09. The van der Waals surface area contributed by atoms with Crippen molar-refractivity contribution in [1.82, 2.24) is 4.98 Å². The third-order valence-electron chi connectivity index (χ3n) is 4.80. The Bertz CT molecular complexity index is 1300. The Morgan fingerprint density at radius 3 is 2.28 bits per heavy atom. The average Bonchev–Trinajstić information content (AvgIpc) is 2.73. The van der Waals surface area contributed by atoms with E-state index in [1.165, 1.54) is 31.3 Å². The monoisotopic (exact) mass is 407 g/mol. The van der Waals surface area contributed by atoms with E-state index in [2.05, 4.69) is 4.98 Å². The summed E-state index contributed by atoms with van der Waals surface area (Å²) in [5, 5.41) is 11.4. The lowest BCUT2D eigenvalue weighted by molar-refractivity contribution is 0.195. The van der Waals surface area contributed by atoms with Crippen LogP contribution in [0, 0.1) is 5.82 Å². The maximum atomic E-state index is 13.2. The van der Waals surface area contributed by atoms with Crippen LogP contribution in [0.2, 0.25) is 0 Å². The number of aliphatic hydroxyl groups excluding tert-OH is 1. The van der Waals surface area contributed by atoms with Gasteiger partial charge in [0.15, 0.2) is 5.03 Å². The summed E-state index contributed by atoms with van der Waals surface area (Å²) in [7, 11) is -3.89. The Balaban J connectivity index is 1.78. The zero-order chi connectivity index (χ0) is 20.6. The van der Waals surface area contributed by atoms with Crippen LogP contribution in [-0.4, -0.2) is 18.5 Å². The van der Waals surface area contributed by atoms with E-state index in [0.29, 0.717) is 0 Å². The standard InChI is InChI=1S/C23H18FNO3S/c1-15(26)22-3-2-12-25-23(22)29(27,28)21-11-8-18-13-17(4-5-19(18)14-21)16-6-9-20(24)10-7-16/h2-15,26H,1H3. The summed E-state index contributed by atoms with van der Waals surface area (Å²) in [6.07, 6.45) is 0.446. The van der Waals surface area contributed by atoms with Crippen molar-refractivity contribution < 1.29 is 17.9 Å². The number of benzene rings is 3. The summed E-state index contributed by atoms with van der Waals surface area (Å²) in [6, 6.07) is 19.9. The van der Waals surface area contributed by atoms with Gasteiger partial charge in [-0.3, -0.25) is 0 Å². The van der Waals surface area contributed by atoms with Gasteiger partial charge >= 0.3 is 0 Å².